The second kappa shape index (κ2) is 8.93. The molecule has 1 heterocycles. The zero-order valence-electron chi connectivity index (χ0n) is 16.0. The first-order chi connectivity index (χ1) is 13.5. The highest BCUT2D eigenvalue weighted by atomic mass is 35.5. The van der Waals surface area contributed by atoms with E-state index in [1.165, 1.54) is 0 Å². The minimum absolute atomic E-state index is 0.209. The van der Waals surface area contributed by atoms with Gasteiger partial charge in [0.15, 0.2) is 0 Å². The van der Waals surface area contributed by atoms with Gasteiger partial charge in [0, 0.05) is 30.1 Å². The van der Waals surface area contributed by atoms with Crippen LogP contribution in [0.3, 0.4) is 0 Å². The zero-order chi connectivity index (χ0) is 20.1. The number of para-hydroxylation sites is 1. The number of rotatable bonds is 7. The van der Waals surface area contributed by atoms with Crippen LogP contribution in [0.15, 0.2) is 54.7 Å². The number of benzene rings is 2. The number of fused-ring (bicyclic) bond motifs is 1. The molecule has 3 N–H and O–H groups in total. The second-order valence-corrected chi connectivity index (χ2v) is 7.62. The van der Waals surface area contributed by atoms with Crippen LogP contribution in [0.2, 0.25) is 5.02 Å². The van der Waals surface area contributed by atoms with E-state index in [-0.39, 0.29) is 11.8 Å². The van der Waals surface area contributed by atoms with E-state index in [1.807, 2.05) is 44.3 Å². The summed E-state index contributed by atoms with van der Waals surface area (Å²) in [5.74, 6) is -0.258. The smallest absolute Gasteiger partial charge is 0.253 e. The molecule has 0 saturated heterocycles. The molecular weight excluding hydrogens is 374 g/mol. The van der Waals surface area contributed by atoms with Gasteiger partial charge in [-0.15, -0.1) is 0 Å². The highest BCUT2D eigenvalue weighted by Gasteiger charge is 2.24. The van der Waals surface area contributed by atoms with Crippen LogP contribution in [-0.2, 0) is 11.2 Å². The van der Waals surface area contributed by atoms with Gasteiger partial charge < -0.3 is 15.6 Å². The molecule has 0 unspecified atom stereocenters. The van der Waals surface area contributed by atoms with Gasteiger partial charge in [0.05, 0.1) is 10.6 Å². The molecule has 28 heavy (non-hydrogen) atoms. The fraction of sp³-hybridized carbons (Fsp3) is 0.273. The van der Waals surface area contributed by atoms with Gasteiger partial charge >= 0.3 is 0 Å². The van der Waals surface area contributed by atoms with Gasteiger partial charge in [-0.25, -0.2) is 0 Å². The maximum absolute atomic E-state index is 12.8. The Morgan fingerprint density at radius 2 is 1.79 bits per heavy atom. The summed E-state index contributed by atoms with van der Waals surface area (Å²) in [4.78, 5) is 28.7. The minimum atomic E-state index is -0.707. The molecule has 2 amide bonds. The third-order valence-electron chi connectivity index (χ3n) is 4.52. The van der Waals surface area contributed by atoms with Crippen LogP contribution in [0.4, 0.5) is 0 Å². The van der Waals surface area contributed by atoms with E-state index in [4.69, 9.17) is 11.6 Å². The third-order valence-corrected chi connectivity index (χ3v) is 4.85. The van der Waals surface area contributed by atoms with Crippen molar-refractivity contribution in [2.75, 3.05) is 6.54 Å². The number of carbonyl (C=O) groups is 2. The highest BCUT2D eigenvalue weighted by Crippen LogP contribution is 2.20. The highest BCUT2D eigenvalue weighted by molar-refractivity contribution is 6.33. The van der Waals surface area contributed by atoms with E-state index in [0.717, 1.165) is 16.5 Å². The molecule has 0 aliphatic rings. The molecule has 6 heteroatoms. The summed E-state index contributed by atoms with van der Waals surface area (Å²) in [6, 6.07) is 14.0. The minimum Gasteiger partial charge on any atom is -0.361 e. The third kappa shape index (κ3) is 4.73. The molecule has 0 saturated carbocycles. The molecule has 3 rings (SSSR count). The van der Waals surface area contributed by atoms with E-state index in [9.17, 15) is 9.59 Å². The Kier molecular flexibility index (Phi) is 6.37. The van der Waals surface area contributed by atoms with Crippen molar-refractivity contribution in [1.29, 1.82) is 0 Å². The average molecular weight is 398 g/mol. The van der Waals surface area contributed by atoms with Crippen molar-refractivity contribution in [3.63, 3.8) is 0 Å². The summed E-state index contributed by atoms with van der Waals surface area (Å²) in [5.41, 5.74) is 2.32. The number of aromatic nitrogens is 1. The Labute approximate surface area is 169 Å². The number of H-pyrrole nitrogens is 1. The number of nitrogens with one attached hydrogen (secondary N) is 3. The van der Waals surface area contributed by atoms with Crippen molar-refractivity contribution >= 4 is 34.3 Å². The van der Waals surface area contributed by atoms with Crippen molar-refractivity contribution < 1.29 is 9.59 Å². The summed E-state index contributed by atoms with van der Waals surface area (Å²) in [6.45, 7) is 4.60. The molecule has 2 aromatic carbocycles. The zero-order valence-corrected chi connectivity index (χ0v) is 16.7. The van der Waals surface area contributed by atoms with Crippen molar-refractivity contribution in [2.45, 2.75) is 26.3 Å². The van der Waals surface area contributed by atoms with E-state index >= 15 is 0 Å². The molecule has 3 aromatic rings. The van der Waals surface area contributed by atoms with Gasteiger partial charge in [0.2, 0.25) is 5.91 Å². The number of hydrogen-bond donors (Lipinski definition) is 3. The lowest BCUT2D eigenvalue weighted by Gasteiger charge is -2.19. The Hall–Kier alpha value is -2.79. The van der Waals surface area contributed by atoms with E-state index in [0.29, 0.717) is 29.5 Å². The van der Waals surface area contributed by atoms with Crippen LogP contribution in [0.5, 0.6) is 0 Å². The Balaban J connectivity index is 1.83. The Morgan fingerprint density at radius 3 is 2.54 bits per heavy atom. The molecule has 0 aliphatic heterocycles. The second-order valence-electron chi connectivity index (χ2n) is 7.21. The lowest BCUT2D eigenvalue weighted by molar-refractivity contribution is -0.123. The first-order valence-corrected chi connectivity index (χ1v) is 9.71. The molecule has 146 valence electrons. The maximum atomic E-state index is 12.8. The molecule has 0 aliphatic carbocycles. The summed E-state index contributed by atoms with van der Waals surface area (Å²) >= 11 is 6.14. The van der Waals surface area contributed by atoms with Crippen molar-refractivity contribution in [3.05, 3.63) is 70.9 Å². The fourth-order valence-electron chi connectivity index (χ4n) is 3.04. The molecule has 0 radical (unpaired) electrons. The number of aromatic amines is 1. The monoisotopic (exact) mass is 397 g/mol. The lowest BCUT2D eigenvalue weighted by Crippen LogP contribution is -2.48. The number of amides is 2. The summed E-state index contributed by atoms with van der Waals surface area (Å²) < 4.78 is 0. The largest absolute Gasteiger partial charge is 0.361 e. The van der Waals surface area contributed by atoms with Crippen LogP contribution < -0.4 is 10.6 Å². The van der Waals surface area contributed by atoms with Crippen molar-refractivity contribution in [1.82, 2.24) is 15.6 Å². The van der Waals surface area contributed by atoms with Crippen molar-refractivity contribution in [3.8, 4) is 0 Å². The van der Waals surface area contributed by atoms with Crippen LogP contribution in [-0.4, -0.2) is 29.4 Å². The molecular formula is C22H24ClN3O2. The van der Waals surface area contributed by atoms with Gasteiger partial charge in [-0.2, -0.15) is 0 Å². The Morgan fingerprint density at radius 1 is 1.07 bits per heavy atom. The quantitative estimate of drug-likeness (QED) is 0.565. The number of hydrogen-bond acceptors (Lipinski definition) is 2. The van der Waals surface area contributed by atoms with E-state index < -0.39 is 6.04 Å². The van der Waals surface area contributed by atoms with Gasteiger partial charge in [0.25, 0.3) is 5.91 Å². The molecule has 0 spiro atoms. The Bertz CT molecular complexity index is 981. The number of carbonyl (C=O) groups excluding carboxylic acids is 2. The van der Waals surface area contributed by atoms with Gasteiger partial charge in [-0.3, -0.25) is 9.59 Å². The average Bonchev–Trinajstić information content (AvgIpc) is 3.09. The molecule has 0 bridgehead atoms. The topological polar surface area (TPSA) is 74.0 Å². The predicted octanol–water partition coefficient (Wildman–Crippen LogP) is 3.93. The predicted molar refractivity (Wildman–Crippen MR) is 113 cm³/mol. The number of halogens is 1. The van der Waals surface area contributed by atoms with Crippen molar-refractivity contribution in [2.24, 2.45) is 5.92 Å². The molecule has 0 fully saturated rings. The summed E-state index contributed by atoms with van der Waals surface area (Å²) in [6.07, 6.45) is 2.26. The standard InChI is InChI=1S/C22H24ClN3O2/c1-14(2)12-25-22(28)20(26-21(27)17-8-3-5-9-18(17)23)11-15-13-24-19-10-6-4-7-16(15)19/h3-10,13-14,20,24H,11-12H2,1-2H3,(H,25,28)(H,26,27)/t20-/m0/s1. The first-order valence-electron chi connectivity index (χ1n) is 9.33. The van der Waals surface area contributed by atoms with Crippen LogP contribution in [0.1, 0.15) is 29.8 Å². The maximum Gasteiger partial charge on any atom is 0.253 e. The fourth-order valence-corrected chi connectivity index (χ4v) is 3.26. The first kappa shape index (κ1) is 20.0. The summed E-state index contributed by atoms with van der Waals surface area (Å²) in [5, 5.41) is 7.16. The van der Waals surface area contributed by atoms with E-state index in [2.05, 4.69) is 15.6 Å². The lowest BCUT2D eigenvalue weighted by atomic mass is 10.0. The van der Waals surface area contributed by atoms with Crippen LogP contribution in [0.25, 0.3) is 10.9 Å². The summed E-state index contributed by atoms with van der Waals surface area (Å²) in [7, 11) is 0. The van der Waals surface area contributed by atoms with Gasteiger partial charge in [-0.1, -0.05) is 55.8 Å². The van der Waals surface area contributed by atoms with Gasteiger partial charge in [0.1, 0.15) is 6.04 Å². The van der Waals surface area contributed by atoms with Crippen LogP contribution >= 0.6 is 11.6 Å². The normalized spacial score (nSPS) is 12.1. The van der Waals surface area contributed by atoms with Gasteiger partial charge in [-0.05, 0) is 29.7 Å². The molecule has 1 aromatic heterocycles. The SMILES string of the molecule is CC(C)CNC(=O)[C@H](Cc1c[nH]c2ccccc12)NC(=O)c1ccccc1Cl. The molecule has 1 atom stereocenters. The van der Waals surface area contributed by atoms with Crippen LogP contribution in [0, 0.1) is 5.92 Å². The molecule has 5 nitrogen and oxygen atoms in total. The van der Waals surface area contributed by atoms with E-state index in [1.54, 1.807) is 24.3 Å².